The van der Waals surface area contributed by atoms with Crippen LogP contribution in [0.1, 0.15) is 61.8 Å². The molecule has 4 saturated carbocycles. The minimum atomic E-state index is -2.01. The lowest BCUT2D eigenvalue weighted by Crippen LogP contribution is -2.76. The van der Waals surface area contributed by atoms with Crippen molar-refractivity contribution in [2.24, 2.45) is 63.4 Å². The minimum Gasteiger partial charge on any atom is -0.459 e. The molecule has 7 aliphatic rings. The van der Waals surface area contributed by atoms with Gasteiger partial charge in [-0.3, -0.25) is 14.4 Å². The summed E-state index contributed by atoms with van der Waals surface area (Å²) >= 11 is 0. The number of ether oxygens (including phenoxy) is 5. The molecule has 0 bridgehead atoms. The van der Waals surface area contributed by atoms with Crippen LogP contribution in [0.4, 0.5) is 0 Å². The molecule has 2 heterocycles. The second kappa shape index (κ2) is 9.99. The third-order valence-corrected chi connectivity index (χ3v) is 14.1. The summed E-state index contributed by atoms with van der Waals surface area (Å²) in [4.78, 5) is 51.6. The van der Waals surface area contributed by atoms with E-state index in [1.54, 1.807) is 13.0 Å². The number of nitrogens with two attached hydrogens (primary N) is 1. The van der Waals surface area contributed by atoms with E-state index in [9.17, 15) is 34.5 Å². The highest BCUT2D eigenvalue weighted by atomic mass is 16.6. The normalized spacial score (nSPS) is 56.6. The summed E-state index contributed by atoms with van der Waals surface area (Å²) in [7, 11) is 0. The number of esters is 4. The van der Waals surface area contributed by atoms with Crippen molar-refractivity contribution < 1.29 is 58.2 Å². The monoisotopic (exact) mass is 661 g/mol. The molecule has 6 fully saturated rings. The Morgan fingerprint density at radius 2 is 1.47 bits per heavy atom. The maximum atomic E-state index is 13.1. The lowest BCUT2D eigenvalue weighted by molar-refractivity contribution is -0.284. The molecule has 2 saturated heterocycles. The maximum Gasteiger partial charge on any atom is 0.343 e. The van der Waals surface area contributed by atoms with Crippen LogP contribution >= 0.6 is 0 Å². The average molecular weight is 662 g/mol. The Bertz CT molecular complexity index is 1460. The van der Waals surface area contributed by atoms with Gasteiger partial charge in [-0.25, -0.2) is 4.79 Å². The van der Waals surface area contributed by atoms with Crippen LogP contribution in [-0.2, 0) is 42.9 Å². The first-order chi connectivity index (χ1) is 21.7. The van der Waals surface area contributed by atoms with Crippen molar-refractivity contribution in [3.63, 3.8) is 0 Å². The van der Waals surface area contributed by atoms with E-state index in [0.29, 0.717) is 6.42 Å². The highest BCUT2D eigenvalue weighted by Crippen LogP contribution is 2.75. The summed E-state index contributed by atoms with van der Waals surface area (Å²) in [5.74, 6) is -7.12. The summed E-state index contributed by atoms with van der Waals surface area (Å²) < 4.78 is 30.0. The Morgan fingerprint density at radius 1 is 0.872 bits per heavy atom. The van der Waals surface area contributed by atoms with E-state index in [1.807, 2.05) is 20.8 Å². The van der Waals surface area contributed by atoms with E-state index in [4.69, 9.17) is 29.4 Å². The molecule has 260 valence electrons. The van der Waals surface area contributed by atoms with Crippen molar-refractivity contribution >= 4 is 23.9 Å². The Kier molecular flexibility index (Phi) is 7.00. The molecule has 19 atom stereocenters. The van der Waals surface area contributed by atoms with E-state index in [1.165, 1.54) is 27.7 Å². The van der Waals surface area contributed by atoms with Crippen molar-refractivity contribution in [3.8, 4) is 0 Å². The topological polar surface area (TPSA) is 204 Å². The van der Waals surface area contributed by atoms with Gasteiger partial charge in [0.1, 0.15) is 30.2 Å². The molecular weight excluding hydrogens is 614 g/mol. The lowest BCUT2D eigenvalue weighted by atomic mass is 9.40. The predicted octanol–water partition coefficient (Wildman–Crippen LogP) is 0.600. The van der Waals surface area contributed by atoms with Gasteiger partial charge in [0.2, 0.25) is 0 Å². The van der Waals surface area contributed by atoms with E-state index in [0.717, 1.165) is 0 Å². The van der Waals surface area contributed by atoms with Crippen molar-refractivity contribution in [3.05, 3.63) is 11.8 Å². The van der Waals surface area contributed by atoms with Gasteiger partial charge in [0.05, 0.1) is 23.7 Å². The van der Waals surface area contributed by atoms with Crippen LogP contribution in [0.25, 0.3) is 0 Å². The van der Waals surface area contributed by atoms with Gasteiger partial charge in [0, 0.05) is 55.4 Å². The first-order valence-corrected chi connectivity index (χ1v) is 16.7. The fourth-order valence-electron chi connectivity index (χ4n) is 12.3. The highest BCUT2D eigenvalue weighted by Gasteiger charge is 2.82. The number of epoxide rings is 1. The molecule has 0 aromatic heterocycles. The van der Waals surface area contributed by atoms with Gasteiger partial charge in [-0.15, -0.1) is 0 Å². The molecule has 0 amide bonds. The fraction of sp³-hybridized carbons (Fsp3) is 0.824. The molecular formula is C34H47NO12. The summed E-state index contributed by atoms with van der Waals surface area (Å²) in [6.45, 7) is 12.6. The average Bonchev–Trinajstić information content (AvgIpc) is 3.65. The molecule has 0 aromatic carbocycles. The maximum absolute atomic E-state index is 13.1. The molecule has 0 unspecified atom stereocenters. The van der Waals surface area contributed by atoms with Gasteiger partial charge in [-0.05, 0) is 50.0 Å². The van der Waals surface area contributed by atoms with Crippen LogP contribution < -0.4 is 5.73 Å². The fourth-order valence-corrected chi connectivity index (χ4v) is 12.3. The third kappa shape index (κ3) is 3.89. The van der Waals surface area contributed by atoms with E-state index < -0.39 is 124 Å². The number of carbonyl (C=O) groups excluding carboxylic acids is 4. The largest absolute Gasteiger partial charge is 0.459 e. The standard InChI is InChI=1S/C34H47NO12/c1-11-9-17-33(7,34(8,42)30(41)47-17)22-19(11)32(6)20(25(22)40)18-21(27(43-12(2)36)29(32)45-14(4)38)31(5)15(23(35)24(18)39)10-16-26(46-16)28(31)44-13(3)37/h9,11,15-16,18-29,39-40,42H,10,35H2,1-8H3/t11-,15-,16+,18+,19+,20-,21-,22+,23+,24-,25-,26+,27+,28+,29+,31+,32-,33+,34-/m1/s1. The number of rotatable bonds is 3. The van der Waals surface area contributed by atoms with Crippen LogP contribution in [0, 0.1) is 57.7 Å². The summed E-state index contributed by atoms with van der Waals surface area (Å²) in [6, 6.07) is -0.840. The molecule has 5 aliphatic carbocycles. The highest BCUT2D eigenvalue weighted by molar-refractivity contribution is 5.85. The molecule has 0 spiro atoms. The first-order valence-electron chi connectivity index (χ1n) is 16.7. The summed E-state index contributed by atoms with van der Waals surface area (Å²) in [5, 5.41) is 36.8. The van der Waals surface area contributed by atoms with E-state index in [2.05, 4.69) is 0 Å². The number of fused-ring (bicyclic) bond motifs is 10. The number of hydrogen-bond donors (Lipinski definition) is 4. The molecule has 13 heteroatoms. The van der Waals surface area contributed by atoms with Gasteiger partial charge in [0.25, 0.3) is 0 Å². The van der Waals surface area contributed by atoms with Crippen molar-refractivity contribution in [1.29, 1.82) is 0 Å². The Labute approximate surface area is 273 Å². The van der Waals surface area contributed by atoms with Gasteiger partial charge >= 0.3 is 23.9 Å². The van der Waals surface area contributed by atoms with Crippen molar-refractivity contribution in [2.75, 3.05) is 0 Å². The van der Waals surface area contributed by atoms with Crippen LogP contribution in [0.3, 0.4) is 0 Å². The first kappa shape index (κ1) is 32.9. The van der Waals surface area contributed by atoms with Crippen LogP contribution in [-0.4, -0.2) is 93.6 Å². The zero-order valence-electron chi connectivity index (χ0n) is 28.0. The van der Waals surface area contributed by atoms with Gasteiger partial charge in [0.15, 0.2) is 5.60 Å². The summed E-state index contributed by atoms with van der Waals surface area (Å²) in [6.07, 6.45) is -4.05. The smallest absolute Gasteiger partial charge is 0.343 e. The van der Waals surface area contributed by atoms with Crippen LogP contribution in [0.2, 0.25) is 0 Å². The zero-order valence-corrected chi connectivity index (χ0v) is 28.0. The number of carbonyl (C=O) groups is 4. The SMILES string of the molecule is CC(=O)O[C@H]1[C@H]2[C@@H]([C@@H](O)[C@@H](N)[C@H]3C[C@@H]4O[C@@H]4[C@H](OC(C)=O)[C@]23C)[C@@H]2[C@@H](O)[C@@H]3[C@H]([C@H](C)C=C4OC(=O)[C@@](C)(O)[C@@]43C)[C@@]2(C)[C@H]1OC(C)=O. The van der Waals surface area contributed by atoms with Crippen LogP contribution in [0.5, 0.6) is 0 Å². The zero-order chi connectivity index (χ0) is 34.5. The van der Waals surface area contributed by atoms with Gasteiger partial charge in [-0.1, -0.05) is 20.8 Å². The molecule has 47 heavy (non-hydrogen) atoms. The number of hydrogen-bond acceptors (Lipinski definition) is 13. The van der Waals surface area contributed by atoms with Gasteiger partial charge in [-0.2, -0.15) is 0 Å². The number of aliphatic hydroxyl groups is 3. The lowest BCUT2D eigenvalue weighted by Gasteiger charge is -2.67. The molecule has 0 radical (unpaired) electrons. The summed E-state index contributed by atoms with van der Waals surface area (Å²) in [5.41, 5.74) is 1.30. The Hall–Kier alpha value is -2.58. The molecule has 0 aromatic rings. The van der Waals surface area contributed by atoms with E-state index >= 15 is 0 Å². The van der Waals surface area contributed by atoms with Crippen molar-refractivity contribution in [2.45, 2.75) is 116 Å². The van der Waals surface area contributed by atoms with Crippen LogP contribution in [0.15, 0.2) is 11.8 Å². The molecule has 7 rings (SSSR count). The second-order valence-electron chi connectivity index (χ2n) is 16.1. The Balaban J connectivity index is 1.49. The number of aliphatic hydroxyl groups excluding tert-OH is 2. The third-order valence-electron chi connectivity index (χ3n) is 14.1. The quantitative estimate of drug-likeness (QED) is 0.186. The molecule has 13 nitrogen and oxygen atoms in total. The molecule has 2 aliphatic heterocycles. The predicted molar refractivity (Wildman–Crippen MR) is 159 cm³/mol. The second-order valence-corrected chi connectivity index (χ2v) is 16.1. The molecule has 5 N–H and O–H groups in total. The number of allylic oxidation sites excluding steroid dienone is 1. The van der Waals surface area contributed by atoms with E-state index in [-0.39, 0.29) is 17.8 Å². The Morgan fingerprint density at radius 3 is 2.06 bits per heavy atom. The minimum absolute atomic E-state index is 0.232. The van der Waals surface area contributed by atoms with Crippen molar-refractivity contribution in [1.82, 2.24) is 0 Å². The van der Waals surface area contributed by atoms with Gasteiger partial charge < -0.3 is 44.7 Å².